The Balaban J connectivity index is 2.45. The number of benzene rings is 1. The average molecular weight is 312 g/mol. The smallest absolute Gasteiger partial charge is 0.124 e. The van der Waals surface area contributed by atoms with Crippen molar-refractivity contribution in [3.8, 4) is 0 Å². The Morgan fingerprint density at radius 1 is 1.44 bits per heavy atom. The van der Waals surface area contributed by atoms with Gasteiger partial charge in [0, 0.05) is 17.2 Å². The molecule has 1 N–H and O–H groups in total. The Morgan fingerprint density at radius 2 is 2.22 bits per heavy atom. The van der Waals surface area contributed by atoms with Gasteiger partial charge in [0.25, 0.3) is 0 Å². The number of rotatable bonds is 4. The lowest BCUT2D eigenvalue weighted by molar-refractivity contribution is 0.560. The second-order valence-electron chi connectivity index (χ2n) is 3.96. The highest BCUT2D eigenvalue weighted by Gasteiger charge is 2.18. The van der Waals surface area contributed by atoms with E-state index in [4.69, 9.17) is 0 Å². The van der Waals surface area contributed by atoms with E-state index in [2.05, 4.69) is 26.3 Å². The summed E-state index contributed by atoms with van der Waals surface area (Å²) < 4.78 is 15.8. The molecule has 96 valence electrons. The third kappa shape index (κ3) is 2.47. The van der Waals surface area contributed by atoms with E-state index in [0.717, 1.165) is 22.3 Å². The van der Waals surface area contributed by atoms with Crippen LogP contribution in [0.4, 0.5) is 4.39 Å². The van der Waals surface area contributed by atoms with Crippen LogP contribution in [0.2, 0.25) is 0 Å². The van der Waals surface area contributed by atoms with Crippen LogP contribution in [0.25, 0.3) is 0 Å². The van der Waals surface area contributed by atoms with Crippen molar-refractivity contribution in [2.45, 2.75) is 19.5 Å². The standard InChI is InChI=1S/C13H15BrFN3/c1-3-18-12(6-7-17-18)13(16-2)10-5-4-9(15)8-11(10)14/h4-8,13,16H,3H2,1-2H3. The zero-order chi connectivity index (χ0) is 13.1. The molecule has 0 radical (unpaired) electrons. The molecule has 0 aliphatic carbocycles. The number of nitrogens with one attached hydrogen (secondary N) is 1. The molecule has 3 nitrogen and oxygen atoms in total. The first-order valence-electron chi connectivity index (χ1n) is 5.81. The number of aryl methyl sites for hydroxylation is 1. The Hall–Kier alpha value is -1.20. The summed E-state index contributed by atoms with van der Waals surface area (Å²) in [5, 5.41) is 7.51. The quantitative estimate of drug-likeness (QED) is 0.940. The van der Waals surface area contributed by atoms with Crippen molar-refractivity contribution in [2.75, 3.05) is 7.05 Å². The van der Waals surface area contributed by atoms with Crippen LogP contribution >= 0.6 is 15.9 Å². The van der Waals surface area contributed by atoms with Gasteiger partial charge in [-0.3, -0.25) is 4.68 Å². The van der Waals surface area contributed by atoms with Gasteiger partial charge < -0.3 is 5.32 Å². The summed E-state index contributed by atoms with van der Waals surface area (Å²) in [6.45, 7) is 2.85. The van der Waals surface area contributed by atoms with E-state index in [9.17, 15) is 4.39 Å². The molecule has 1 atom stereocenters. The number of nitrogens with zero attached hydrogens (tertiary/aromatic N) is 2. The zero-order valence-corrected chi connectivity index (χ0v) is 11.9. The first-order valence-corrected chi connectivity index (χ1v) is 6.60. The lowest BCUT2D eigenvalue weighted by atomic mass is 10.0. The molecular weight excluding hydrogens is 297 g/mol. The highest BCUT2D eigenvalue weighted by atomic mass is 79.9. The number of aromatic nitrogens is 2. The Bertz CT molecular complexity index is 539. The summed E-state index contributed by atoms with van der Waals surface area (Å²) in [4.78, 5) is 0. The summed E-state index contributed by atoms with van der Waals surface area (Å²) in [6.07, 6.45) is 1.78. The van der Waals surface area contributed by atoms with Crippen molar-refractivity contribution in [3.05, 3.63) is 52.0 Å². The topological polar surface area (TPSA) is 29.9 Å². The molecule has 5 heteroatoms. The lowest BCUT2D eigenvalue weighted by Gasteiger charge is -2.19. The largest absolute Gasteiger partial charge is 0.308 e. The van der Waals surface area contributed by atoms with E-state index in [-0.39, 0.29) is 11.9 Å². The number of hydrogen-bond acceptors (Lipinski definition) is 2. The fourth-order valence-corrected chi connectivity index (χ4v) is 2.63. The molecule has 2 aromatic rings. The van der Waals surface area contributed by atoms with Crippen LogP contribution in [-0.2, 0) is 6.54 Å². The van der Waals surface area contributed by atoms with Crippen LogP contribution in [0.5, 0.6) is 0 Å². The fourth-order valence-electron chi connectivity index (χ4n) is 2.05. The van der Waals surface area contributed by atoms with Gasteiger partial charge in [-0.2, -0.15) is 5.10 Å². The zero-order valence-electron chi connectivity index (χ0n) is 10.3. The maximum atomic E-state index is 13.1. The van der Waals surface area contributed by atoms with E-state index in [1.165, 1.54) is 12.1 Å². The van der Waals surface area contributed by atoms with E-state index in [1.54, 1.807) is 12.3 Å². The highest BCUT2D eigenvalue weighted by Crippen LogP contribution is 2.28. The van der Waals surface area contributed by atoms with Gasteiger partial charge in [-0.1, -0.05) is 22.0 Å². The summed E-state index contributed by atoms with van der Waals surface area (Å²) in [5.41, 5.74) is 2.06. The van der Waals surface area contributed by atoms with Gasteiger partial charge in [0.2, 0.25) is 0 Å². The van der Waals surface area contributed by atoms with Crippen LogP contribution < -0.4 is 5.32 Å². The maximum absolute atomic E-state index is 13.1. The van der Waals surface area contributed by atoms with E-state index in [1.807, 2.05) is 24.7 Å². The van der Waals surface area contributed by atoms with Gasteiger partial charge in [0.15, 0.2) is 0 Å². The van der Waals surface area contributed by atoms with Crippen LogP contribution in [0, 0.1) is 5.82 Å². The molecular formula is C13H15BrFN3. The van der Waals surface area contributed by atoms with Crippen LogP contribution in [0.15, 0.2) is 34.9 Å². The van der Waals surface area contributed by atoms with Crippen LogP contribution in [0.3, 0.4) is 0 Å². The Labute approximate surface area is 114 Å². The fraction of sp³-hybridized carbons (Fsp3) is 0.308. The Kier molecular flexibility index (Phi) is 4.14. The molecule has 0 saturated heterocycles. The van der Waals surface area contributed by atoms with Gasteiger partial charge in [-0.15, -0.1) is 0 Å². The molecule has 1 unspecified atom stereocenters. The lowest BCUT2D eigenvalue weighted by Crippen LogP contribution is -2.21. The molecule has 0 bridgehead atoms. The van der Waals surface area contributed by atoms with Crippen molar-refractivity contribution in [2.24, 2.45) is 0 Å². The maximum Gasteiger partial charge on any atom is 0.124 e. The van der Waals surface area contributed by atoms with Gasteiger partial charge in [0.05, 0.1) is 11.7 Å². The van der Waals surface area contributed by atoms with Crippen molar-refractivity contribution in [3.63, 3.8) is 0 Å². The third-order valence-electron chi connectivity index (χ3n) is 2.91. The minimum atomic E-state index is -0.246. The SMILES string of the molecule is CCn1nccc1C(NC)c1ccc(F)cc1Br. The van der Waals surface area contributed by atoms with Crippen molar-refractivity contribution in [1.29, 1.82) is 0 Å². The summed E-state index contributed by atoms with van der Waals surface area (Å²) in [7, 11) is 1.88. The van der Waals surface area contributed by atoms with E-state index < -0.39 is 0 Å². The highest BCUT2D eigenvalue weighted by molar-refractivity contribution is 9.10. The van der Waals surface area contributed by atoms with Gasteiger partial charge >= 0.3 is 0 Å². The average Bonchev–Trinajstić information content (AvgIpc) is 2.81. The summed E-state index contributed by atoms with van der Waals surface area (Å²) in [5.74, 6) is -0.246. The normalized spacial score (nSPS) is 12.7. The van der Waals surface area contributed by atoms with Crippen molar-refractivity contribution in [1.82, 2.24) is 15.1 Å². The molecule has 0 aliphatic rings. The van der Waals surface area contributed by atoms with Gasteiger partial charge in [-0.25, -0.2) is 4.39 Å². The Morgan fingerprint density at radius 3 is 2.83 bits per heavy atom. The van der Waals surface area contributed by atoms with Gasteiger partial charge in [0.1, 0.15) is 5.82 Å². The molecule has 18 heavy (non-hydrogen) atoms. The second kappa shape index (κ2) is 5.63. The third-order valence-corrected chi connectivity index (χ3v) is 3.59. The molecule has 0 saturated carbocycles. The predicted octanol–water partition coefficient (Wildman–Crippen LogP) is 3.11. The minimum Gasteiger partial charge on any atom is -0.308 e. The number of halogens is 2. The second-order valence-corrected chi connectivity index (χ2v) is 4.81. The van der Waals surface area contributed by atoms with E-state index in [0.29, 0.717) is 0 Å². The molecule has 1 aromatic heterocycles. The monoisotopic (exact) mass is 311 g/mol. The minimum absolute atomic E-state index is 0.0116. The molecule has 0 aliphatic heterocycles. The first-order chi connectivity index (χ1) is 8.67. The summed E-state index contributed by atoms with van der Waals surface area (Å²) >= 11 is 3.41. The molecule has 1 aromatic carbocycles. The van der Waals surface area contributed by atoms with Crippen molar-refractivity contribution < 1.29 is 4.39 Å². The molecule has 0 spiro atoms. The molecule has 0 fully saturated rings. The van der Waals surface area contributed by atoms with Crippen molar-refractivity contribution >= 4 is 15.9 Å². The molecule has 2 rings (SSSR count). The number of hydrogen-bond donors (Lipinski definition) is 1. The van der Waals surface area contributed by atoms with Crippen LogP contribution in [-0.4, -0.2) is 16.8 Å². The first kappa shape index (κ1) is 13.2. The molecule has 1 heterocycles. The predicted molar refractivity (Wildman–Crippen MR) is 72.9 cm³/mol. The van der Waals surface area contributed by atoms with E-state index >= 15 is 0 Å². The van der Waals surface area contributed by atoms with Gasteiger partial charge in [-0.05, 0) is 37.7 Å². The summed E-state index contributed by atoms with van der Waals surface area (Å²) in [6, 6.07) is 6.69. The van der Waals surface area contributed by atoms with Crippen LogP contribution in [0.1, 0.15) is 24.2 Å². The molecule has 0 amide bonds.